The number of benzene rings is 1. The van der Waals surface area contributed by atoms with Gasteiger partial charge >= 0.3 is 0 Å². The summed E-state index contributed by atoms with van der Waals surface area (Å²) in [4.78, 5) is 11.1. The van der Waals surface area contributed by atoms with E-state index < -0.39 is 0 Å². The summed E-state index contributed by atoms with van der Waals surface area (Å²) >= 11 is 2.21. The molecule has 3 N–H and O–H groups in total. The van der Waals surface area contributed by atoms with Crippen molar-refractivity contribution in [1.82, 2.24) is 5.32 Å². The van der Waals surface area contributed by atoms with E-state index in [1.807, 2.05) is 24.3 Å². The molecule has 0 unspecified atom stereocenters. The highest BCUT2D eigenvalue weighted by Crippen LogP contribution is 2.12. The number of hydrogen-bond acceptors (Lipinski definition) is 3. The van der Waals surface area contributed by atoms with E-state index in [-0.39, 0.29) is 12.5 Å². The van der Waals surface area contributed by atoms with Crippen LogP contribution in [0.2, 0.25) is 0 Å². The first-order valence-electron chi connectivity index (χ1n) is 4.57. The molecule has 0 aromatic heterocycles. The largest absolute Gasteiger partial charge is 0.484 e. The maximum atomic E-state index is 11.1. The topological polar surface area (TPSA) is 64.3 Å². The minimum absolute atomic E-state index is 0.0284. The molecule has 1 amide bonds. The van der Waals surface area contributed by atoms with Crippen molar-refractivity contribution in [3.05, 3.63) is 27.8 Å². The molecular weight excluding hydrogens is 307 g/mol. The van der Waals surface area contributed by atoms with Gasteiger partial charge in [-0.15, -0.1) is 0 Å². The minimum Gasteiger partial charge on any atom is -0.484 e. The Morgan fingerprint density at radius 2 is 2.07 bits per heavy atom. The van der Waals surface area contributed by atoms with Crippen molar-refractivity contribution in [3.8, 4) is 5.75 Å². The molecule has 0 saturated heterocycles. The van der Waals surface area contributed by atoms with Gasteiger partial charge in [0, 0.05) is 16.7 Å². The minimum atomic E-state index is -0.154. The average Bonchev–Trinajstić information content (AvgIpc) is 2.25. The van der Waals surface area contributed by atoms with Crippen molar-refractivity contribution in [2.45, 2.75) is 0 Å². The van der Waals surface area contributed by atoms with Crippen LogP contribution in [0.5, 0.6) is 5.75 Å². The third kappa shape index (κ3) is 4.98. The molecule has 0 heterocycles. The van der Waals surface area contributed by atoms with Crippen LogP contribution in [0.3, 0.4) is 0 Å². The maximum absolute atomic E-state index is 11.1. The molecule has 0 aliphatic heterocycles. The highest BCUT2D eigenvalue weighted by molar-refractivity contribution is 14.1. The SMILES string of the molecule is NCCNC(=O)COc1ccc(I)cc1. The van der Waals surface area contributed by atoms with Gasteiger partial charge < -0.3 is 15.8 Å². The number of hydrogen-bond donors (Lipinski definition) is 2. The second-order valence-corrected chi connectivity index (χ2v) is 4.13. The zero-order chi connectivity index (χ0) is 11.1. The molecule has 1 rings (SSSR count). The molecule has 1 aromatic rings. The van der Waals surface area contributed by atoms with Gasteiger partial charge in [0.2, 0.25) is 0 Å². The number of rotatable bonds is 5. The van der Waals surface area contributed by atoms with E-state index in [0.717, 1.165) is 3.57 Å². The molecule has 0 aliphatic carbocycles. The van der Waals surface area contributed by atoms with Crippen LogP contribution in [0, 0.1) is 3.57 Å². The smallest absolute Gasteiger partial charge is 0.257 e. The Morgan fingerprint density at radius 3 is 2.67 bits per heavy atom. The number of carbonyl (C=O) groups is 1. The molecule has 0 radical (unpaired) electrons. The number of carbonyl (C=O) groups excluding carboxylic acids is 1. The zero-order valence-electron chi connectivity index (χ0n) is 8.20. The molecule has 5 heteroatoms. The zero-order valence-corrected chi connectivity index (χ0v) is 10.4. The Morgan fingerprint density at radius 1 is 1.40 bits per heavy atom. The molecule has 1 aromatic carbocycles. The second-order valence-electron chi connectivity index (χ2n) is 2.88. The van der Waals surface area contributed by atoms with E-state index in [9.17, 15) is 4.79 Å². The fraction of sp³-hybridized carbons (Fsp3) is 0.300. The first kappa shape index (κ1) is 12.3. The van der Waals surface area contributed by atoms with Crippen molar-refractivity contribution < 1.29 is 9.53 Å². The molecule has 0 atom stereocenters. The lowest BCUT2D eigenvalue weighted by Gasteiger charge is -2.06. The lowest BCUT2D eigenvalue weighted by molar-refractivity contribution is -0.123. The third-order valence-electron chi connectivity index (χ3n) is 1.65. The van der Waals surface area contributed by atoms with Crippen LogP contribution in [-0.2, 0) is 4.79 Å². The number of amides is 1. The van der Waals surface area contributed by atoms with Gasteiger partial charge in [0.25, 0.3) is 5.91 Å². The molecule has 0 spiro atoms. The molecule has 0 fully saturated rings. The van der Waals surface area contributed by atoms with Crippen molar-refractivity contribution in [2.75, 3.05) is 19.7 Å². The Labute approximate surface area is 102 Å². The van der Waals surface area contributed by atoms with Gasteiger partial charge in [0.05, 0.1) is 0 Å². The van der Waals surface area contributed by atoms with E-state index in [2.05, 4.69) is 27.9 Å². The summed E-state index contributed by atoms with van der Waals surface area (Å²) in [5.41, 5.74) is 5.24. The first-order chi connectivity index (χ1) is 7.22. The van der Waals surface area contributed by atoms with Crippen molar-refractivity contribution in [3.63, 3.8) is 0 Å². The Bertz CT molecular complexity index is 314. The Balaban J connectivity index is 2.30. The summed E-state index contributed by atoms with van der Waals surface area (Å²) in [6.45, 7) is 0.949. The predicted octanol–water partition coefficient (Wildman–Crippen LogP) is 0.745. The van der Waals surface area contributed by atoms with Crippen LogP contribution in [0.1, 0.15) is 0 Å². The lowest BCUT2D eigenvalue weighted by Crippen LogP contribution is -2.32. The van der Waals surface area contributed by atoms with E-state index >= 15 is 0 Å². The lowest BCUT2D eigenvalue weighted by atomic mass is 10.3. The van der Waals surface area contributed by atoms with Gasteiger partial charge in [-0.2, -0.15) is 0 Å². The van der Waals surface area contributed by atoms with Crippen molar-refractivity contribution in [1.29, 1.82) is 0 Å². The molecule has 4 nitrogen and oxygen atoms in total. The predicted molar refractivity (Wildman–Crippen MR) is 66.7 cm³/mol. The summed E-state index contributed by atoms with van der Waals surface area (Å²) < 4.78 is 6.40. The van der Waals surface area contributed by atoms with E-state index in [0.29, 0.717) is 18.8 Å². The fourth-order valence-electron chi connectivity index (χ4n) is 0.942. The number of nitrogens with two attached hydrogens (primary N) is 1. The summed E-state index contributed by atoms with van der Waals surface area (Å²) in [5.74, 6) is 0.539. The highest BCUT2D eigenvalue weighted by atomic mass is 127. The molecule has 0 bridgehead atoms. The van der Waals surface area contributed by atoms with Crippen molar-refractivity contribution in [2.24, 2.45) is 5.73 Å². The quantitative estimate of drug-likeness (QED) is 0.787. The third-order valence-corrected chi connectivity index (χ3v) is 2.37. The monoisotopic (exact) mass is 320 g/mol. The maximum Gasteiger partial charge on any atom is 0.257 e. The van der Waals surface area contributed by atoms with Crippen LogP contribution in [0.25, 0.3) is 0 Å². The molecule has 0 aliphatic rings. The van der Waals surface area contributed by atoms with Gasteiger partial charge in [0.1, 0.15) is 5.75 Å². The number of halogens is 1. The van der Waals surface area contributed by atoms with Gasteiger partial charge in [-0.25, -0.2) is 0 Å². The van der Waals surface area contributed by atoms with E-state index in [4.69, 9.17) is 10.5 Å². The van der Waals surface area contributed by atoms with Gasteiger partial charge in [-0.1, -0.05) is 0 Å². The highest BCUT2D eigenvalue weighted by Gasteiger charge is 2.00. The van der Waals surface area contributed by atoms with E-state index in [1.54, 1.807) is 0 Å². The number of nitrogens with one attached hydrogen (secondary N) is 1. The Hall–Kier alpha value is -0.820. The van der Waals surface area contributed by atoms with Gasteiger partial charge in [-0.05, 0) is 46.9 Å². The number of ether oxygens (including phenoxy) is 1. The molecule has 15 heavy (non-hydrogen) atoms. The van der Waals surface area contributed by atoms with Gasteiger partial charge in [-0.3, -0.25) is 4.79 Å². The van der Waals surface area contributed by atoms with Crippen LogP contribution < -0.4 is 15.8 Å². The molecular formula is C10H13IN2O2. The first-order valence-corrected chi connectivity index (χ1v) is 5.65. The average molecular weight is 320 g/mol. The molecule has 0 saturated carbocycles. The van der Waals surface area contributed by atoms with Gasteiger partial charge in [0.15, 0.2) is 6.61 Å². The van der Waals surface area contributed by atoms with Crippen LogP contribution in [-0.4, -0.2) is 25.6 Å². The van der Waals surface area contributed by atoms with Crippen molar-refractivity contribution >= 4 is 28.5 Å². The standard InChI is InChI=1S/C10H13IN2O2/c11-8-1-3-9(4-2-8)15-7-10(14)13-6-5-12/h1-4H,5-7,12H2,(H,13,14). The van der Waals surface area contributed by atoms with Crippen LogP contribution in [0.4, 0.5) is 0 Å². The van der Waals surface area contributed by atoms with Crippen LogP contribution in [0.15, 0.2) is 24.3 Å². The second kappa shape index (κ2) is 6.62. The van der Waals surface area contributed by atoms with Crippen LogP contribution >= 0.6 is 22.6 Å². The normalized spacial score (nSPS) is 9.73. The Kier molecular flexibility index (Phi) is 5.41. The molecule has 82 valence electrons. The fourth-order valence-corrected chi connectivity index (χ4v) is 1.30. The summed E-state index contributed by atoms with van der Waals surface area (Å²) in [7, 11) is 0. The summed E-state index contributed by atoms with van der Waals surface area (Å²) in [6, 6.07) is 7.51. The van der Waals surface area contributed by atoms with E-state index in [1.165, 1.54) is 0 Å². The summed E-state index contributed by atoms with van der Waals surface area (Å²) in [6.07, 6.45) is 0. The summed E-state index contributed by atoms with van der Waals surface area (Å²) in [5, 5.41) is 2.62.